The molecule has 30 heavy (non-hydrogen) atoms. The number of ketones is 2. The molecule has 1 heterocycles. The number of rotatable bonds is 3. The maximum absolute atomic E-state index is 13.9. The summed E-state index contributed by atoms with van der Waals surface area (Å²) in [6.07, 6.45) is 0. The Balaban J connectivity index is 1.96. The smallest absolute Gasteiger partial charge is 0.228 e. The third kappa shape index (κ3) is 3.29. The first-order valence-corrected chi connectivity index (χ1v) is 9.41. The lowest BCUT2D eigenvalue weighted by molar-refractivity contribution is -0.116. The summed E-state index contributed by atoms with van der Waals surface area (Å²) >= 11 is 0. The van der Waals surface area contributed by atoms with E-state index in [4.69, 9.17) is 4.74 Å². The molecule has 1 aliphatic carbocycles. The van der Waals surface area contributed by atoms with E-state index in [0.717, 1.165) is 17.0 Å². The highest BCUT2D eigenvalue weighted by Crippen LogP contribution is 2.34. The van der Waals surface area contributed by atoms with E-state index >= 15 is 0 Å². The molecule has 1 aliphatic heterocycles. The van der Waals surface area contributed by atoms with Crippen molar-refractivity contribution >= 4 is 23.2 Å². The number of carbonyl (C=O) groups excluding carboxylic acids is 3. The molecule has 2 aromatic carbocycles. The number of hydrogen-bond donors (Lipinski definition) is 0. The van der Waals surface area contributed by atoms with E-state index in [9.17, 15) is 23.2 Å². The zero-order valence-corrected chi connectivity index (χ0v) is 16.2. The molecule has 6 nitrogen and oxygen atoms in total. The minimum Gasteiger partial charge on any atom is -0.378 e. The molecule has 0 aromatic heterocycles. The molecule has 0 unspecified atom stereocenters. The molecule has 4 rings (SSSR count). The molecular formula is C22H18F2N2O4. The van der Waals surface area contributed by atoms with E-state index in [-0.39, 0.29) is 28.2 Å². The van der Waals surface area contributed by atoms with Crippen LogP contribution in [0.1, 0.15) is 27.6 Å². The lowest BCUT2D eigenvalue weighted by Gasteiger charge is -2.36. The summed E-state index contributed by atoms with van der Waals surface area (Å²) in [6.45, 7) is 2.60. The highest BCUT2D eigenvalue weighted by atomic mass is 19.2. The Morgan fingerprint density at radius 3 is 2.20 bits per heavy atom. The number of nitrogens with zero attached hydrogens (tertiary/aromatic N) is 2. The second kappa shape index (κ2) is 7.79. The molecule has 1 fully saturated rings. The van der Waals surface area contributed by atoms with E-state index in [2.05, 4.69) is 0 Å². The largest absolute Gasteiger partial charge is 0.378 e. The molecule has 8 heteroatoms. The molecular weight excluding hydrogens is 394 g/mol. The molecule has 154 valence electrons. The van der Waals surface area contributed by atoms with Gasteiger partial charge in [0.1, 0.15) is 11.4 Å². The van der Waals surface area contributed by atoms with Crippen molar-refractivity contribution in [3.05, 3.63) is 76.6 Å². The number of anilines is 1. The van der Waals surface area contributed by atoms with Crippen molar-refractivity contribution in [3.8, 4) is 0 Å². The van der Waals surface area contributed by atoms with E-state index in [1.165, 1.54) is 19.1 Å². The highest BCUT2D eigenvalue weighted by molar-refractivity contribution is 6.29. The molecule has 0 bridgehead atoms. The highest BCUT2D eigenvalue weighted by Gasteiger charge is 2.39. The van der Waals surface area contributed by atoms with Gasteiger partial charge in [-0.05, 0) is 12.1 Å². The van der Waals surface area contributed by atoms with Gasteiger partial charge >= 0.3 is 0 Å². The maximum Gasteiger partial charge on any atom is 0.228 e. The minimum absolute atomic E-state index is 0.0392. The van der Waals surface area contributed by atoms with Crippen molar-refractivity contribution < 1.29 is 27.9 Å². The topological polar surface area (TPSA) is 66.9 Å². The van der Waals surface area contributed by atoms with E-state index in [1.807, 2.05) is 0 Å². The molecule has 1 amide bonds. The third-order valence-corrected chi connectivity index (χ3v) is 5.10. The number of fused-ring (bicyclic) bond motifs is 1. The fraction of sp³-hybridized carbons (Fsp3) is 0.227. The second-order valence-electron chi connectivity index (χ2n) is 6.95. The van der Waals surface area contributed by atoms with Crippen molar-refractivity contribution in [2.75, 3.05) is 31.2 Å². The van der Waals surface area contributed by atoms with Gasteiger partial charge in [-0.15, -0.1) is 0 Å². The van der Waals surface area contributed by atoms with Gasteiger partial charge in [-0.1, -0.05) is 24.3 Å². The van der Waals surface area contributed by atoms with Crippen molar-refractivity contribution in [1.29, 1.82) is 0 Å². The average Bonchev–Trinajstić information content (AvgIpc) is 2.75. The Morgan fingerprint density at radius 2 is 1.60 bits per heavy atom. The molecule has 2 aromatic rings. The van der Waals surface area contributed by atoms with Gasteiger partial charge in [0, 0.05) is 37.2 Å². The van der Waals surface area contributed by atoms with Crippen LogP contribution in [0.25, 0.3) is 0 Å². The molecule has 0 N–H and O–H groups in total. The zero-order chi connectivity index (χ0) is 21.4. The number of benzene rings is 2. The van der Waals surface area contributed by atoms with Crippen LogP contribution in [0.3, 0.4) is 0 Å². The second-order valence-corrected chi connectivity index (χ2v) is 6.95. The molecule has 0 atom stereocenters. The first-order valence-electron chi connectivity index (χ1n) is 9.41. The van der Waals surface area contributed by atoms with Gasteiger partial charge in [0.05, 0.1) is 18.9 Å². The fourth-order valence-electron chi connectivity index (χ4n) is 3.73. The number of allylic oxidation sites excluding steroid dienone is 2. The summed E-state index contributed by atoms with van der Waals surface area (Å²) in [5.74, 6) is -3.80. The van der Waals surface area contributed by atoms with Gasteiger partial charge in [-0.25, -0.2) is 8.78 Å². The molecule has 1 saturated heterocycles. The van der Waals surface area contributed by atoms with Crippen LogP contribution in [0.4, 0.5) is 14.5 Å². The van der Waals surface area contributed by atoms with Crippen LogP contribution in [-0.2, 0) is 9.53 Å². The monoisotopic (exact) mass is 412 g/mol. The first-order chi connectivity index (χ1) is 14.4. The Kier molecular flexibility index (Phi) is 5.17. The summed E-state index contributed by atoms with van der Waals surface area (Å²) in [7, 11) is 0. The van der Waals surface area contributed by atoms with Gasteiger partial charge < -0.3 is 9.64 Å². The van der Waals surface area contributed by atoms with Crippen LogP contribution in [0.5, 0.6) is 0 Å². The van der Waals surface area contributed by atoms with Gasteiger partial charge in [0.15, 0.2) is 11.6 Å². The van der Waals surface area contributed by atoms with E-state index in [0.29, 0.717) is 26.3 Å². The van der Waals surface area contributed by atoms with Crippen molar-refractivity contribution in [1.82, 2.24) is 4.90 Å². The average molecular weight is 412 g/mol. The summed E-state index contributed by atoms with van der Waals surface area (Å²) in [5.41, 5.74) is 0.244. The number of ether oxygens (including phenoxy) is 1. The van der Waals surface area contributed by atoms with E-state index < -0.39 is 29.1 Å². The van der Waals surface area contributed by atoms with Crippen LogP contribution in [0.15, 0.2) is 53.9 Å². The lowest BCUT2D eigenvalue weighted by atomic mass is 9.88. The van der Waals surface area contributed by atoms with Crippen molar-refractivity contribution in [2.24, 2.45) is 0 Å². The van der Waals surface area contributed by atoms with Gasteiger partial charge in [0.25, 0.3) is 0 Å². The number of hydrogen-bond acceptors (Lipinski definition) is 5. The van der Waals surface area contributed by atoms with Gasteiger partial charge in [0.2, 0.25) is 17.5 Å². The molecule has 0 spiro atoms. The predicted octanol–water partition coefficient (Wildman–Crippen LogP) is 2.94. The van der Waals surface area contributed by atoms with Crippen molar-refractivity contribution in [2.45, 2.75) is 6.92 Å². The number of carbonyl (C=O) groups is 3. The minimum atomic E-state index is -1.16. The Bertz CT molecular complexity index is 1090. The molecule has 2 aliphatic rings. The summed E-state index contributed by atoms with van der Waals surface area (Å²) in [4.78, 5) is 42.1. The van der Waals surface area contributed by atoms with Gasteiger partial charge in [-0.3, -0.25) is 19.3 Å². The first kappa shape index (κ1) is 19.9. The third-order valence-electron chi connectivity index (χ3n) is 5.10. The van der Waals surface area contributed by atoms with Crippen molar-refractivity contribution in [3.63, 3.8) is 0 Å². The lowest BCUT2D eigenvalue weighted by Crippen LogP contribution is -2.45. The Labute approximate surface area is 171 Å². The predicted molar refractivity (Wildman–Crippen MR) is 104 cm³/mol. The summed E-state index contributed by atoms with van der Waals surface area (Å²) < 4.78 is 32.7. The molecule has 0 saturated carbocycles. The van der Waals surface area contributed by atoms with Gasteiger partial charge in [-0.2, -0.15) is 0 Å². The Morgan fingerprint density at radius 1 is 0.967 bits per heavy atom. The van der Waals surface area contributed by atoms with E-state index in [1.54, 1.807) is 23.1 Å². The van der Waals surface area contributed by atoms with Crippen LogP contribution < -0.4 is 4.90 Å². The number of halogens is 2. The zero-order valence-electron chi connectivity index (χ0n) is 16.2. The summed E-state index contributed by atoms with van der Waals surface area (Å²) in [6, 6.07) is 9.25. The standard InChI is InChI=1S/C22H18F2N2O4/c1-13(27)26(14-6-7-17(23)18(24)12-14)20-19(25-8-10-30-11-9-25)21(28)15-4-2-3-5-16(15)22(20)29/h2-7,12H,8-11H2,1H3. The number of Topliss-reactive ketones (excluding diaryl/α,β-unsaturated/α-hetero) is 2. The SMILES string of the molecule is CC(=O)N(C1=C(N2CCOCC2)C(=O)c2ccccc2C1=O)c1ccc(F)c(F)c1. The fourth-order valence-corrected chi connectivity index (χ4v) is 3.73. The number of morpholine rings is 1. The maximum atomic E-state index is 13.9. The summed E-state index contributed by atoms with van der Waals surface area (Å²) in [5, 5.41) is 0. The Hall–Kier alpha value is -3.39. The normalized spacial score (nSPS) is 16.6. The van der Waals surface area contributed by atoms with Crippen LogP contribution in [-0.4, -0.2) is 48.7 Å². The van der Waals surface area contributed by atoms with Crippen LogP contribution in [0.2, 0.25) is 0 Å². The molecule has 0 radical (unpaired) electrons. The quantitative estimate of drug-likeness (QED) is 0.776. The van der Waals surface area contributed by atoms with Crippen LogP contribution >= 0.6 is 0 Å². The van der Waals surface area contributed by atoms with Crippen LogP contribution in [0, 0.1) is 11.6 Å². The number of amides is 1.